The number of nitrogens with one attached hydrogen (secondary N) is 1. The zero-order valence-corrected chi connectivity index (χ0v) is 13.4. The minimum Gasteiger partial charge on any atom is -0.335 e. The van der Waals surface area contributed by atoms with E-state index in [-0.39, 0.29) is 11.9 Å². The number of aromatic nitrogens is 4. The van der Waals surface area contributed by atoms with Gasteiger partial charge in [0.1, 0.15) is 0 Å². The quantitative estimate of drug-likeness (QED) is 0.804. The van der Waals surface area contributed by atoms with Crippen LogP contribution in [-0.2, 0) is 0 Å². The van der Waals surface area contributed by atoms with Gasteiger partial charge in [-0.1, -0.05) is 6.07 Å². The van der Waals surface area contributed by atoms with E-state index in [1.165, 1.54) is 0 Å². The number of aromatic amines is 1. The normalized spacial score (nSPS) is 18.3. The number of H-pyrrole nitrogens is 1. The Morgan fingerprint density at radius 1 is 1.39 bits per heavy atom. The number of thiophene rings is 1. The van der Waals surface area contributed by atoms with Crippen LogP contribution in [0.1, 0.15) is 29.4 Å². The molecule has 0 saturated carbocycles. The van der Waals surface area contributed by atoms with Gasteiger partial charge in [-0.15, -0.1) is 11.3 Å². The first-order chi connectivity index (χ1) is 11.3. The van der Waals surface area contributed by atoms with Gasteiger partial charge in [0.2, 0.25) is 0 Å². The number of likely N-dealkylation sites (tertiary alicyclic amines) is 1. The molecule has 4 heterocycles. The Morgan fingerprint density at radius 3 is 3.13 bits per heavy atom. The molecule has 0 spiro atoms. The van der Waals surface area contributed by atoms with Crippen molar-refractivity contribution in [1.29, 1.82) is 0 Å². The number of hydrogen-bond donors (Lipinski definition) is 1. The van der Waals surface area contributed by atoms with Crippen molar-refractivity contribution in [3.8, 4) is 10.6 Å². The van der Waals surface area contributed by atoms with Crippen LogP contribution in [0.3, 0.4) is 0 Å². The molecular formula is C16H17N5OS. The Hall–Kier alpha value is -2.41. The first kappa shape index (κ1) is 14.2. The summed E-state index contributed by atoms with van der Waals surface area (Å²) in [7, 11) is 0. The van der Waals surface area contributed by atoms with Crippen molar-refractivity contribution < 1.29 is 4.79 Å². The predicted molar refractivity (Wildman–Crippen MR) is 88.3 cm³/mol. The van der Waals surface area contributed by atoms with Gasteiger partial charge in [-0.2, -0.15) is 10.2 Å². The summed E-state index contributed by atoms with van der Waals surface area (Å²) in [6.07, 6.45) is 5.77. The van der Waals surface area contributed by atoms with E-state index in [1.54, 1.807) is 17.5 Å². The minimum atomic E-state index is -0.0130. The third kappa shape index (κ3) is 2.79. The molecule has 1 N–H and O–H groups in total. The monoisotopic (exact) mass is 327 g/mol. The number of amides is 1. The summed E-state index contributed by atoms with van der Waals surface area (Å²) in [5.74, 6) is -0.0130. The average molecular weight is 327 g/mol. The number of nitrogens with zero attached hydrogens (tertiary/aromatic N) is 4. The lowest BCUT2D eigenvalue weighted by Crippen LogP contribution is -2.41. The molecule has 3 aromatic heterocycles. The number of piperidine rings is 1. The van der Waals surface area contributed by atoms with Crippen LogP contribution in [0.5, 0.6) is 0 Å². The molecule has 7 heteroatoms. The molecule has 3 aromatic rings. The van der Waals surface area contributed by atoms with Crippen molar-refractivity contribution in [1.82, 2.24) is 24.9 Å². The predicted octanol–water partition coefficient (Wildman–Crippen LogP) is 2.81. The van der Waals surface area contributed by atoms with Crippen molar-refractivity contribution in [3.63, 3.8) is 0 Å². The van der Waals surface area contributed by atoms with Crippen LogP contribution in [0.4, 0.5) is 0 Å². The highest BCUT2D eigenvalue weighted by atomic mass is 32.1. The summed E-state index contributed by atoms with van der Waals surface area (Å²) in [6, 6.07) is 8.01. The smallest absolute Gasteiger partial charge is 0.274 e. The molecular weight excluding hydrogens is 310 g/mol. The van der Waals surface area contributed by atoms with Crippen LogP contribution in [0.15, 0.2) is 42.0 Å². The lowest BCUT2D eigenvalue weighted by molar-refractivity contribution is 0.0667. The minimum absolute atomic E-state index is 0.0130. The van der Waals surface area contributed by atoms with Crippen LogP contribution in [0, 0.1) is 0 Å². The van der Waals surface area contributed by atoms with E-state index >= 15 is 0 Å². The molecule has 0 aromatic carbocycles. The molecule has 6 nitrogen and oxygen atoms in total. The van der Waals surface area contributed by atoms with Crippen LogP contribution < -0.4 is 0 Å². The standard InChI is InChI=1S/C16H17N5OS/c22-16(14-10-13(18-19-14)15-5-2-9-23-15)20-7-1-4-12(11-20)21-8-3-6-17-21/h2-3,5-6,8-10,12H,1,4,7,11H2,(H,18,19)/t12-/m0/s1. The van der Waals surface area contributed by atoms with Crippen LogP contribution in [-0.4, -0.2) is 43.9 Å². The summed E-state index contributed by atoms with van der Waals surface area (Å²) in [5.41, 5.74) is 1.37. The maximum atomic E-state index is 12.7. The van der Waals surface area contributed by atoms with Gasteiger partial charge in [-0.3, -0.25) is 14.6 Å². The average Bonchev–Trinajstić information content (AvgIpc) is 3.36. The highest BCUT2D eigenvalue weighted by Crippen LogP contribution is 2.25. The second-order valence-corrected chi connectivity index (χ2v) is 6.63. The molecule has 1 aliphatic rings. The maximum absolute atomic E-state index is 12.7. The van der Waals surface area contributed by atoms with Crippen LogP contribution >= 0.6 is 11.3 Å². The van der Waals surface area contributed by atoms with Crippen LogP contribution in [0.2, 0.25) is 0 Å². The maximum Gasteiger partial charge on any atom is 0.274 e. The molecule has 1 atom stereocenters. The Balaban J connectivity index is 1.50. The summed E-state index contributed by atoms with van der Waals surface area (Å²) in [5, 5.41) is 13.5. The van der Waals surface area contributed by atoms with Gasteiger partial charge in [0.05, 0.1) is 16.6 Å². The van der Waals surface area contributed by atoms with E-state index in [9.17, 15) is 4.79 Å². The Kier molecular flexibility index (Phi) is 3.70. The number of carbonyl (C=O) groups is 1. The molecule has 0 bridgehead atoms. The fourth-order valence-corrected chi connectivity index (χ4v) is 3.70. The van der Waals surface area contributed by atoms with Gasteiger partial charge < -0.3 is 4.90 Å². The number of rotatable bonds is 3. The SMILES string of the molecule is O=C(c1cc(-c2cccs2)[nH]n1)N1CCC[C@H](n2cccn2)C1. The van der Waals surface area contributed by atoms with E-state index in [1.807, 2.05) is 45.4 Å². The van der Waals surface area contributed by atoms with Gasteiger partial charge in [0.25, 0.3) is 5.91 Å². The lowest BCUT2D eigenvalue weighted by atomic mass is 10.1. The van der Waals surface area contributed by atoms with Crippen molar-refractivity contribution in [2.45, 2.75) is 18.9 Å². The first-order valence-corrected chi connectivity index (χ1v) is 8.57. The van der Waals surface area contributed by atoms with Crippen LogP contribution in [0.25, 0.3) is 10.6 Å². The van der Waals surface area contributed by atoms with Gasteiger partial charge in [0.15, 0.2) is 5.69 Å². The van der Waals surface area contributed by atoms with Gasteiger partial charge >= 0.3 is 0 Å². The number of carbonyl (C=O) groups excluding carboxylic acids is 1. The first-order valence-electron chi connectivity index (χ1n) is 7.69. The summed E-state index contributed by atoms with van der Waals surface area (Å²) in [4.78, 5) is 15.7. The Bertz CT molecular complexity index is 777. The highest BCUT2D eigenvalue weighted by molar-refractivity contribution is 7.13. The summed E-state index contributed by atoms with van der Waals surface area (Å²) >= 11 is 1.63. The second-order valence-electron chi connectivity index (χ2n) is 5.68. The van der Waals surface area contributed by atoms with E-state index < -0.39 is 0 Å². The summed E-state index contributed by atoms with van der Waals surface area (Å²) < 4.78 is 1.95. The zero-order valence-electron chi connectivity index (χ0n) is 12.6. The Labute approximate surface area is 137 Å². The highest BCUT2D eigenvalue weighted by Gasteiger charge is 2.27. The molecule has 4 rings (SSSR count). The molecule has 1 aliphatic heterocycles. The van der Waals surface area contributed by atoms with E-state index in [0.717, 1.165) is 30.0 Å². The Morgan fingerprint density at radius 2 is 2.35 bits per heavy atom. The van der Waals surface area contributed by atoms with Crippen molar-refractivity contribution in [2.24, 2.45) is 0 Å². The molecule has 1 fully saturated rings. The van der Waals surface area contributed by atoms with E-state index in [4.69, 9.17) is 0 Å². The van der Waals surface area contributed by atoms with Crippen molar-refractivity contribution >= 4 is 17.2 Å². The van der Waals surface area contributed by atoms with Crippen molar-refractivity contribution in [2.75, 3.05) is 13.1 Å². The third-order valence-corrected chi connectivity index (χ3v) is 5.07. The molecule has 1 amide bonds. The zero-order chi connectivity index (χ0) is 15.6. The van der Waals surface area contributed by atoms with E-state index in [2.05, 4.69) is 15.3 Å². The molecule has 0 radical (unpaired) electrons. The second kappa shape index (κ2) is 6.00. The fraction of sp³-hybridized carbons (Fsp3) is 0.312. The third-order valence-electron chi connectivity index (χ3n) is 4.17. The fourth-order valence-electron chi connectivity index (χ4n) is 3.00. The summed E-state index contributed by atoms with van der Waals surface area (Å²) in [6.45, 7) is 1.46. The lowest BCUT2D eigenvalue weighted by Gasteiger charge is -2.32. The van der Waals surface area contributed by atoms with Crippen molar-refractivity contribution in [3.05, 3.63) is 47.7 Å². The molecule has 0 unspecified atom stereocenters. The van der Waals surface area contributed by atoms with E-state index in [0.29, 0.717) is 12.2 Å². The largest absolute Gasteiger partial charge is 0.335 e. The topological polar surface area (TPSA) is 66.8 Å². The molecule has 118 valence electrons. The number of hydrogen-bond acceptors (Lipinski definition) is 4. The molecule has 1 saturated heterocycles. The molecule has 0 aliphatic carbocycles. The van der Waals surface area contributed by atoms with Gasteiger partial charge in [-0.05, 0) is 36.4 Å². The van der Waals surface area contributed by atoms with Gasteiger partial charge in [-0.25, -0.2) is 0 Å². The van der Waals surface area contributed by atoms with Gasteiger partial charge in [0, 0.05) is 25.5 Å². The molecule has 23 heavy (non-hydrogen) atoms.